The fourth-order valence-corrected chi connectivity index (χ4v) is 3.57. The first-order valence-corrected chi connectivity index (χ1v) is 8.81. The summed E-state index contributed by atoms with van der Waals surface area (Å²) in [7, 11) is 0. The number of amides is 1. The van der Waals surface area contributed by atoms with Crippen molar-refractivity contribution in [2.75, 3.05) is 13.1 Å². The van der Waals surface area contributed by atoms with Gasteiger partial charge >= 0.3 is 0 Å². The third-order valence-electron chi connectivity index (χ3n) is 4.10. The number of hydrogen-bond donors (Lipinski definition) is 1. The van der Waals surface area contributed by atoms with E-state index in [2.05, 4.69) is 10.1 Å². The average Bonchev–Trinajstić information content (AvgIpc) is 3.34. The largest absolute Gasteiger partial charge is 0.334 e. The van der Waals surface area contributed by atoms with E-state index in [0.29, 0.717) is 24.6 Å². The second kappa shape index (κ2) is 6.38. The molecule has 2 N–H and O–H groups in total. The summed E-state index contributed by atoms with van der Waals surface area (Å²) >= 11 is 1.48. The number of likely N-dealkylation sites (tertiary alicyclic amines) is 1. The van der Waals surface area contributed by atoms with E-state index in [4.69, 9.17) is 5.73 Å². The molecule has 25 heavy (non-hydrogen) atoms. The van der Waals surface area contributed by atoms with Crippen LogP contribution in [-0.2, 0) is 0 Å². The zero-order valence-corrected chi connectivity index (χ0v) is 14.1. The highest BCUT2D eigenvalue weighted by Gasteiger charge is 2.28. The van der Waals surface area contributed by atoms with Crippen LogP contribution < -0.4 is 5.73 Å². The highest BCUT2D eigenvalue weighted by atomic mass is 32.1. The van der Waals surface area contributed by atoms with Crippen LogP contribution in [0.1, 0.15) is 17.0 Å². The molecule has 1 amide bonds. The number of halogens is 1. The Morgan fingerprint density at radius 3 is 2.88 bits per heavy atom. The minimum Gasteiger partial charge on any atom is -0.334 e. The molecule has 3 aromatic rings. The van der Waals surface area contributed by atoms with Gasteiger partial charge in [-0.2, -0.15) is 0 Å². The zero-order valence-electron chi connectivity index (χ0n) is 13.3. The third kappa shape index (κ3) is 3.06. The van der Waals surface area contributed by atoms with Gasteiger partial charge in [0, 0.05) is 19.1 Å². The molecule has 1 aromatic carbocycles. The van der Waals surface area contributed by atoms with Crippen molar-refractivity contribution >= 4 is 17.2 Å². The van der Waals surface area contributed by atoms with Crippen LogP contribution in [0.3, 0.4) is 0 Å². The number of rotatable bonds is 3. The topological polar surface area (TPSA) is 77.0 Å². The van der Waals surface area contributed by atoms with Gasteiger partial charge in [0.05, 0.1) is 10.6 Å². The van der Waals surface area contributed by atoms with Crippen molar-refractivity contribution in [1.29, 1.82) is 0 Å². The number of carbonyl (C=O) groups is 1. The van der Waals surface area contributed by atoms with Crippen molar-refractivity contribution in [2.24, 2.45) is 5.73 Å². The summed E-state index contributed by atoms with van der Waals surface area (Å²) in [6.07, 6.45) is 0.772. The van der Waals surface area contributed by atoms with E-state index >= 15 is 0 Å². The summed E-state index contributed by atoms with van der Waals surface area (Å²) in [4.78, 5) is 19.6. The predicted molar refractivity (Wildman–Crippen MR) is 93.1 cm³/mol. The Morgan fingerprint density at radius 2 is 2.20 bits per heavy atom. The van der Waals surface area contributed by atoms with Crippen LogP contribution in [0.2, 0.25) is 0 Å². The molecular formula is C17H16FN5OS. The van der Waals surface area contributed by atoms with Gasteiger partial charge in [-0.3, -0.25) is 4.79 Å². The number of carbonyl (C=O) groups excluding carboxylic acids is 1. The molecule has 0 aliphatic carbocycles. The number of aromatic nitrogens is 3. The molecule has 2 aromatic heterocycles. The van der Waals surface area contributed by atoms with Crippen molar-refractivity contribution in [3.05, 3.63) is 53.4 Å². The first-order valence-electron chi connectivity index (χ1n) is 7.93. The standard InChI is InChI=1S/C17H16FN5OS/c18-11-3-1-4-13(9-11)23-16(14-5-2-8-25-14)20-15(21-23)17(24)22-7-6-12(19)10-22/h1-5,8-9,12H,6-7,10,19H2/t12-/m1/s1. The van der Waals surface area contributed by atoms with E-state index in [1.165, 1.54) is 28.2 Å². The predicted octanol–water partition coefficient (Wildman–Crippen LogP) is 2.31. The van der Waals surface area contributed by atoms with Gasteiger partial charge in [0.25, 0.3) is 5.91 Å². The fourth-order valence-electron chi connectivity index (χ4n) is 2.87. The van der Waals surface area contributed by atoms with Crippen LogP contribution in [0.25, 0.3) is 16.4 Å². The molecule has 0 saturated carbocycles. The minimum absolute atomic E-state index is 0.00831. The lowest BCUT2D eigenvalue weighted by Gasteiger charge is -2.12. The van der Waals surface area contributed by atoms with Gasteiger partial charge in [-0.1, -0.05) is 12.1 Å². The second-order valence-electron chi connectivity index (χ2n) is 5.93. The fraction of sp³-hybridized carbons (Fsp3) is 0.235. The van der Waals surface area contributed by atoms with E-state index in [1.54, 1.807) is 17.0 Å². The van der Waals surface area contributed by atoms with Crippen LogP contribution in [-0.4, -0.2) is 44.7 Å². The first-order chi connectivity index (χ1) is 12.1. The lowest BCUT2D eigenvalue weighted by molar-refractivity contribution is 0.0779. The quantitative estimate of drug-likeness (QED) is 0.780. The van der Waals surface area contributed by atoms with Crippen LogP contribution >= 0.6 is 11.3 Å². The Kier molecular flexibility index (Phi) is 4.06. The average molecular weight is 357 g/mol. The summed E-state index contributed by atoms with van der Waals surface area (Å²) < 4.78 is 15.1. The smallest absolute Gasteiger partial charge is 0.293 e. The van der Waals surface area contributed by atoms with Crippen LogP contribution in [0.5, 0.6) is 0 Å². The highest BCUT2D eigenvalue weighted by Crippen LogP contribution is 2.26. The van der Waals surface area contributed by atoms with Crippen LogP contribution in [0, 0.1) is 5.82 Å². The molecule has 0 spiro atoms. The highest BCUT2D eigenvalue weighted by molar-refractivity contribution is 7.13. The molecule has 1 aliphatic rings. The Bertz CT molecular complexity index is 908. The van der Waals surface area contributed by atoms with Gasteiger partial charge in [0.2, 0.25) is 5.82 Å². The number of benzene rings is 1. The summed E-state index contributed by atoms with van der Waals surface area (Å²) in [5, 5.41) is 6.28. The van der Waals surface area contributed by atoms with E-state index in [9.17, 15) is 9.18 Å². The molecule has 0 bridgehead atoms. The molecule has 0 radical (unpaired) electrons. The summed E-state index contributed by atoms with van der Waals surface area (Å²) in [5.74, 6) is -0.00126. The SMILES string of the molecule is N[C@@H]1CCN(C(=O)c2nc(-c3cccs3)n(-c3cccc(F)c3)n2)C1. The third-order valence-corrected chi connectivity index (χ3v) is 4.97. The minimum atomic E-state index is -0.372. The number of nitrogens with zero attached hydrogens (tertiary/aromatic N) is 4. The van der Waals surface area contributed by atoms with Gasteiger partial charge in [0.15, 0.2) is 5.82 Å². The second-order valence-corrected chi connectivity index (χ2v) is 6.88. The Balaban J connectivity index is 1.77. The van der Waals surface area contributed by atoms with Gasteiger partial charge in [0.1, 0.15) is 5.82 Å². The molecule has 1 saturated heterocycles. The van der Waals surface area contributed by atoms with E-state index in [0.717, 1.165) is 11.3 Å². The molecule has 1 atom stereocenters. The lowest BCUT2D eigenvalue weighted by atomic mass is 10.3. The van der Waals surface area contributed by atoms with Crippen molar-refractivity contribution in [3.63, 3.8) is 0 Å². The van der Waals surface area contributed by atoms with Gasteiger partial charge in [-0.05, 0) is 36.1 Å². The molecule has 6 nitrogen and oxygen atoms in total. The first kappa shape index (κ1) is 15.9. The van der Waals surface area contributed by atoms with Gasteiger partial charge in [-0.25, -0.2) is 14.1 Å². The van der Waals surface area contributed by atoms with Gasteiger partial charge < -0.3 is 10.6 Å². The van der Waals surface area contributed by atoms with Crippen molar-refractivity contribution < 1.29 is 9.18 Å². The summed E-state index contributed by atoms with van der Waals surface area (Å²) in [6, 6.07) is 9.84. The van der Waals surface area contributed by atoms with Crippen molar-refractivity contribution in [2.45, 2.75) is 12.5 Å². The maximum absolute atomic E-state index is 13.6. The Morgan fingerprint density at radius 1 is 1.32 bits per heavy atom. The lowest BCUT2D eigenvalue weighted by Crippen LogP contribution is -2.32. The molecule has 4 rings (SSSR count). The maximum Gasteiger partial charge on any atom is 0.293 e. The van der Waals surface area contributed by atoms with Crippen molar-refractivity contribution in [1.82, 2.24) is 19.7 Å². The normalized spacial score (nSPS) is 17.2. The molecule has 128 valence electrons. The molecule has 1 fully saturated rings. The number of nitrogens with two attached hydrogens (primary N) is 1. The van der Waals surface area contributed by atoms with E-state index in [1.807, 2.05) is 17.5 Å². The van der Waals surface area contributed by atoms with Gasteiger partial charge in [-0.15, -0.1) is 16.4 Å². The molecule has 3 heterocycles. The van der Waals surface area contributed by atoms with E-state index in [-0.39, 0.29) is 23.6 Å². The molecular weight excluding hydrogens is 341 g/mol. The van der Waals surface area contributed by atoms with Crippen LogP contribution in [0.15, 0.2) is 41.8 Å². The summed E-state index contributed by atoms with van der Waals surface area (Å²) in [5.41, 5.74) is 6.40. The molecule has 8 heteroatoms. The van der Waals surface area contributed by atoms with Crippen molar-refractivity contribution in [3.8, 4) is 16.4 Å². The Labute approximate surface area is 147 Å². The van der Waals surface area contributed by atoms with Crippen LogP contribution in [0.4, 0.5) is 4.39 Å². The zero-order chi connectivity index (χ0) is 17.4. The Hall–Kier alpha value is -2.58. The molecule has 1 aliphatic heterocycles. The summed E-state index contributed by atoms with van der Waals surface area (Å²) in [6.45, 7) is 1.10. The van der Waals surface area contributed by atoms with E-state index < -0.39 is 0 Å². The maximum atomic E-state index is 13.6. The molecule has 0 unspecified atom stereocenters. The number of hydrogen-bond acceptors (Lipinski definition) is 5. The number of thiophene rings is 1. The monoisotopic (exact) mass is 357 g/mol.